The van der Waals surface area contributed by atoms with E-state index < -0.39 is 12.3 Å². The Morgan fingerprint density at radius 2 is 1.96 bits per heavy atom. The maximum absolute atomic E-state index is 12.9. The lowest BCUT2D eigenvalue weighted by Crippen LogP contribution is -2.50. The van der Waals surface area contributed by atoms with Crippen LogP contribution in [0.15, 0.2) is 53.4 Å². The average molecular weight is 358 g/mol. The Bertz CT molecular complexity index is 851. The molecule has 0 amide bonds. The maximum Gasteiger partial charge on any atom is 0.244 e. The average Bonchev–Trinajstić information content (AvgIpc) is 2.98. The number of H-pyrrole nitrogens is 1. The minimum absolute atomic E-state index is 0.422. The molecule has 5 heteroatoms. The molecule has 1 N–H and O–H groups in total. The summed E-state index contributed by atoms with van der Waals surface area (Å²) in [7, 11) is 0. The zero-order chi connectivity index (χ0) is 17.4. The first-order chi connectivity index (χ1) is 12.2. The summed E-state index contributed by atoms with van der Waals surface area (Å²) in [4.78, 5) is 6.73. The number of rotatable bonds is 5. The maximum atomic E-state index is 12.9. The van der Waals surface area contributed by atoms with Crippen LogP contribution in [0, 0.1) is 5.92 Å². The number of nitrogens with zero attached hydrogens (tertiary/aromatic N) is 1. The lowest BCUT2D eigenvalue weighted by atomic mass is 9.97. The van der Waals surface area contributed by atoms with E-state index in [-0.39, 0.29) is 0 Å². The number of para-hydroxylation sites is 1. The van der Waals surface area contributed by atoms with Crippen molar-refractivity contribution in [2.45, 2.75) is 18.2 Å². The summed E-state index contributed by atoms with van der Waals surface area (Å²) in [6, 6.07) is 16.6. The van der Waals surface area contributed by atoms with Crippen LogP contribution in [-0.2, 0) is 0 Å². The first-order valence-electron chi connectivity index (χ1n) is 8.53. The summed E-state index contributed by atoms with van der Waals surface area (Å²) < 4.78 is 25.7. The minimum Gasteiger partial charge on any atom is -0.370 e. The van der Waals surface area contributed by atoms with E-state index in [9.17, 15) is 8.78 Å². The molecule has 0 saturated carbocycles. The van der Waals surface area contributed by atoms with E-state index in [1.807, 2.05) is 12.1 Å². The fraction of sp³-hybridized carbons (Fsp3) is 0.300. The SMILES string of the molecule is CCSc1ccc(N2CC(C(F)F)C2)c(-c2cc3ccccc3[nH]2)c1. The highest BCUT2D eigenvalue weighted by Crippen LogP contribution is 2.39. The number of benzene rings is 2. The molecule has 0 unspecified atom stereocenters. The molecule has 2 heterocycles. The number of anilines is 1. The largest absolute Gasteiger partial charge is 0.370 e. The summed E-state index contributed by atoms with van der Waals surface area (Å²) >= 11 is 1.79. The highest BCUT2D eigenvalue weighted by Gasteiger charge is 2.35. The molecule has 0 radical (unpaired) electrons. The van der Waals surface area contributed by atoms with Crippen molar-refractivity contribution in [1.29, 1.82) is 0 Å². The standard InChI is InChI=1S/C20H20F2N2S/c1-2-25-15-7-8-19(24-11-14(12-24)20(21)22)16(10-15)18-9-13-5-3-4-6-17(13)23-18/h3-10,14,20,23H,2,11-12H2,1H3. The van der Waals surface area contributed by atoms with Crippen molar-refractivity contribution < 1.29 is 8.78 Å². The molecule has 2 aromatic carbocycles. The van der Waals surface area contributed by atoms with Gasteiger partial charge in [0.25, 0.3) is 0 Å². The number of aromatic amines is 1. The Balaban J connectivity index is 1.74. The summed E-state index contributed by atoms with van der Waals surface area (Å²) in [6.07, 6.45) is -2.23. The Morgan fingerprint density at radius 1 is 1.16 bits per heavy atom. The molecule has 130 valence electrons. The second-order valence-corrected chi connectivity index (χ2v) is 7.72. The van der Waals surface area contributed by atoms with E-state index in [2.05, 4.69) is 53.2 Å². The molecular formula is C20H20F2N2S. The first kappa shape index (κ1) is 16.5. The van der Waals surface area contributed by atoms with Crippen molar-refractivity contribution in [2.75, 3.05) is 23.7 Å². The molecular weight excluding hydrogens is 338 g/mol. The van der Waals surface area contributed by atoms with Crippen LogP contribution in [0.3, 0.4) is 0 Å². The highest BCUT2D eigenvalue weighted by atomic mass is 32.2. The third-order valence-electron chi connectivity index (χ3n) is 4.71. The molecule has 4 rings (SSSR count). The highest BCUT2D eigenvalue weighted by molar-refractivity contribution is 7.99. The molecule has 0 aliphatic carbocycles. The number of fused-ring (bicyclic) bond motifs is 1. The quantitative estimate of drug-likeness (QED) is 0.595. The zero-order valence-corrected chi connectivity index (χ0v) is 14.8. The van der Waals surface area contributed by atoms with Gasteiger partial charge in [-0.25, -0.2) is 8.78 Å². The van der Waals surface area contributed by atoms with E-state index >= 15 is 0 Å². The van der Waals surface area contributed by atoms with Gasteiger partial charge in [0.1, 0.15) is 0 Å². The van der Waals surface area contributed by atoms with Gasteiger partial charge in [-0.05, 0) is 36.1 Å². The van der Waals surface area contributed by atoms with Gasteiger partial charge >= 0.3 is 0 Å². The Labute approximate surface area is 150 Å². The van der Waals surface area contributed by atoms with Crippen molar-refractivity contribution >= 4 is 28.4 Å². The summed E-state index contributed by atoms with van der Waals surface area (Å²) in [5, 5.41) is 1.16. The zero-order valence-electron chi connectivity index (χ0n) is 14.0. The molecule has 0 spiro atoms. The van der Waals surface area contributed by atoms with Gasteiger partial charge in [0.15, 0.2) is 0 Å². The van der Waals surface area contributed by atoms with Gasteiger partial charge in [0.2, 0.25) is 6.43 Å². The van der Waals surface area contributed by atoms with Gasteiger partial charge < -0.3 is 9.88 Å². The molecule has 0 atom stereocenters. The second kappa shape index (κ2) is 6.71. The topological polar surface area (TPSA) is 19.0 Å². The van der Waals surface area contributed by atoms with Gasteiger partial charge in [0.05, 0.1) is 5.92 Å². The molecule has 1 saturated heterocycles. The van der Waals surface area contributed by atoms with E-state index in [0.717, 1.165) is 33.6 Å². The number of thioether (sulfide) groups is 1. The fourth-order valence-electron chi connectivity index (χ4n) is 3.35. The van der Waals surface area contributed by atoms with Crippen LogP contribution in [0.4, 0.5) is 14.5 Å². The van der Waals surface area contributed by atoms with E-state index in [4.69, 9.17) is 0 Å². The van der Waals surface area contributed by atoms with Gasteiger partial charge in [-0.1, -0.05) is 25.1 Å². The number of aromatic nitrogens is 1. The van der Waals surface area contributed by atoms with Crippen molar-refractivity contribution in [2.24, 2.45) is 5.92 Å². The number of hydrogen-bond acceptors (Lipinski definition) is 2. The molecule has 1 aliphatic rings. The van der Waals surface area contributed by atoms with Crippen LogP contribution in [0.25, 0.3) is 22.2 Å². The molecule has 0 bridgehead atoms. The normalized spacial score (nSPS) is 15.1. The van der Waals surface area contributed by atoms with Crippen LogP contribution in [0.5, 0.6) is 0 Å². The van der Waals surface area contributed by atoms with Crippen molar-refractivity contribution in [3.8, 4) is 11.3 Å². The number of nitrogens with one attached hydrogen (secondary N) is 1. The molecule has 1 aromatic heterocycles. The Morgan fingerprint density at radius 3 is 2.68 bits per heavy atom. The lowest BCUT2D eigenvalue weighted by molar-refractivity contribution is 0.0614. The second-order valence-electron chi connectivity index (χ2n) is 6.38. The molecule has 3 aromatic rings. The van der Waals surface area contributed by atoms with E-state index in [1.54, 1.807) is 11.8 Å². The van der Waals surface area contributed by atoms with Crippen molar-refractivity contribution in [3.05, 3.63) is 48.5 Å². The molecule has 25 heavy (non-hydrogen) atoms. The van der Waals surface area contributed by atoms with E-state index in [0.29, 0.717) is 13.1 Å². The van der Waals surface area contributed by atoms with Gasteiger partial charge in [-0.15, -0.1) is 11.8 Å². The fourth-order valence-corrected chi connectivity index (χ4v) is 4.05. The number of hydrogen-bond donors (Lipinski definition) is 1. The van der Waals surface area contributed by atoms with Crippen LogP contribution >= 0.6 is 11.8 Å². The summed E-state index contributed by atoms with van der Waals surface area (Å²) in [5.41, 5.74) is 4.24. The Kier molecular flexibility index (Phi) is 4.42. The monoisotopic (exact) mass is 358 g/mol. The minimum atomic E-state index is -2.23. The van der Waals surface area contributed by atoms with Crippen molar-refractivity contribution in [1.82, 2.24) is 4.98 Å². The number of halogens is 2. The first-order valence-corrected chi connectivity index (χ1v) is 9.52. The summed E-state index contributed by atoms with van der Waals surface area (Å²) in [6.45, 7) is 2.97. The molecule has 1 fully saturated rings. The van der Waals surface area contributed by atoms with Crippen LogP contribution < -0.4 is 4.90 Å². The van der Waals surface area contributed by atoms with Crippen LogP contribution in [-0.4, -0.2) is 30.3 Å². The van der Waals surface area contributed by atoms with Crippen LogP contribution in [0.1, 0.15) is 6.92 Å². The van der Waals surface area contributed by atoms with Crippen LogP contribution in [0.2, 0.25) is 0 Å². The van der Waals surface area contributed by atoms with Gasteiger partial charge in [-0.3, -0.25) is 0 Å². The van der Waals surface area contributed by atoms with Crippen molar-refractivity contribution in [3.63, 3.8) is 0 Å². The predicted octanol–water partition coefficient (Wildman–Crippen LogP) is 5.65. The molecule has 1 aliphatic heterocycles. The van der Waals surface area contributed by atoms with E-state index in [1.165, 1.54) is 4.90 Å². The lowest BCUT2D eigenvalue weighted by Gasteiger charge is -2.41. The number of alkyl halides is 2. The third kappa shape index (κ3) is 3.13. The third-order valence-corrected chi connectivity index (χ3v) is 5.58. The smallest absolute Gasteiger partial charge is 0.244 e. The summed E-state index contributed by atoms with van der Waals surface area (Å²) in [5.74, 6) is 0.489. The Hall–Kier alpha value is -2.01. The van der Waals surface area contributed by atoms with Gasteiger partial charge in [0, 0.05) is 45.8 Å². The predicted molar refractivity (Wildman–Crippen MR) is 102 cm³/mol. The van der Waals surface area contributed by atoms with Gasteiger partial charge in [-0.2, -0.15) is 0 Å². The molecule has 2 nitrogen and oxygen atoms in total.